The highest BCUT2D eigenvalue weighted by Crippen LogP contribution is 2.13. The largest absolute Gasteiger partial charge is 0.370 e. The molecule has 0 saturated heterocycles. The molecule has 4 heterocycles. The van der Waals surface area contributed by atoms with Gasteiger partial charge < -0.3 is 75.4 Å². The van der Waals surface area contributed by atoms with Gasteiger partial charge in [0.2, 0.25) is 47.3 Å². The topological polar surface area (TPSA) is 531 Å². The Morgan fingerprint density at radius 3 is 1.56 bits per heavy atom. The number of amides is 8. The molecule has 0 radical (unpaired) electrons. The predicted molar refractivity (Wildman–Crippen MR) is 321 cm³/mol. The molecule has 468 valence electrons. The van der Waals surface area contributed by atoms with E-state index in [9.17, 15) is 62.3 Å². The van der Waals surface area contributed by atoms with Gasteiger partial charge in [-0.1, -0.05) is 30.3 Å². The molecule has 34 nitrogen and oxygen atoms in total. The summed E-state index contributed by atoms with van der Waals surface area (Å²) < 4.78 is 2.00. The molecule has 8 amide bonds. The lowest BCUT2D eigenvalue weighted by Crippen LogP contribution is -2.61. The van der Waals surface area contributed by atoms with Crippen molar-refractivity contribution in [3.8, 4) is 0 Å². The number of likely N-dealkylation sites (N-methyl/N-ethyl adjacent to an activating group) is 1. The molecule has 0 spiro atoms. The molecule has 4 aromatic heterocycles. The Morgan fingerprint density at radius 1 is 0.557 bits per heavy atom. The second kappa shape index (κ2) is 30.7. The van der Waals surface area contributed by atoms with Crippen LogP contribution in [-0.2, 0) is 64.4 Å². The molecule has 6 atom stereocenters. The summed E-state index contributed by atoms with van der Waals surface area (Å²) in [4.78, 5) is 208. The number of guanidine groups is 2. The van der Waals surface area contributed by atoms with Crippen molar-refractivity contribution in [2.75, 3.05) is 26.7 Å². The number of para-hydroxylation sites is 2. The van der Waals surface area contributed by atoms with Crippen LogP contribution in [0.1, 0.15) is 37.5 Å². The van der Waals surface area contributed by atoms with Gasteiger partial charge in [-0.25, -0.2) is 14.4 Å². The van der Waals surface area contributed by atoms with Gasteiger partial charge in [0.1, 0.15) is 36.3 Å². The van der Waals surface area contributed by atoms with Crippen LogP contribution in [0.15, 0.2) is 117 Å². The zero-order valence-corrected chi connectivity index (χ0v) is 48.3. The lowest BCUT2D eigenvalue weighted by atomic mass is 10.1. The summed E-state index contributed by atoms with van der Waals surface area (Å²) in [5, 5.41) is 16.3. The zero-order chi connectivity index (χ0) is 64.4. The fourth-order valence-electron chi connectivity index (χ4n) is 8.99. The molecule has 0 aliphatic heterocycles. The van der Waals surface area contributed by atoms with Gasteiger partial charge >= 0.3 is 17.1 Å². The third kappa shape index (κ3) is 18.5. The zero-order valence-electron chi connectivity index (χ0n) is 47.4. The van der Waals surface area contributed by atoms with Crippen LogP contribution in [0.4, 0.5) is 0 Å². The Hall–Kier alpha value is -11.0. The van der Waals surface area contributed by atoms with Gasteiger partial charge in [-0.05, 0) is 61.4 Å². The van der Waals surface area contributed by atoms with E-state index in [1.807, 2.05) is 4.98 Å². The molecule has 0 fully saturated rings. The smallest absolute Gasteiger partial charge is 0.328 e. The van der Waals surface area contributed by atoms with Crippen molar-refractivity contribution in [1.29, 1.82) is 0 Å². The average Bonchev–Trinajstić information content (AvgIpc) is 1.31. The number of carbonyl (C=O) groups is 8. The third-order valence-corrected chi connectivity index (χ3v) is 14.2. The van der Waals surface area contributed by atoms with Crippen LogP contribution in [0.3, 0.4) is 0 Å². The Labute approximate surface area is 500 Å². The molecule has 2 aromatic carbocycles. The molecule has 0 saturated carbocycles. The summed E-state index contributed by atoms with van der Waals surface area (Å²) in [6, 6.07) is 5.83. The molecule has 0 aliphatic rings. The summed E-state index contributed by atoms with van der Waals surface area (Å²) in [5.74, 6) is -8.79. The van der Waals surface area contributed by atoms with Crippen molar-refractivity contribution in [1.82, 2.24) is 65.5 Å². The van der Waals surface area contributed by atoms with Gasteiger partial charge in [0, 0.05) is 50.6 Å². The Kier molecular flexibility index (Phi) is 23.1. The molecule has 19 N–H and O–H groups in total. The van der Waals surface area contributed by atoms with E-state index in [1.54, 1.807) is 23.6 Å². The third-order valence-electron chi connectivity index (χ3n) is 13.3. The van der Waals surface area contributed by atoms with E-state index < -0.39 is 143 Å². The van der Waals surface area contributed by atoms with Crippen LogP contribution in [0.25, 0.3) is 21.8 Å². The van der Waals surface area contributed by atoms with Gasteiger partial charge in [0.25, 0.3) is 16.7 Å². The van der Waals surface area contributed by atoms with E-state index in [1.165, 1.54) is 53.8 Å². The van der Waals surface area contributed by atoms with Gasteiger partial charge in [-0.15, -0.1) is 11.3 Å². The number of benzene rings is 2. The summed E-state index contributed by atoms with van der Waals surface area (Å²) in [6.45, 7) is -2.40. The first kappa shape index (κ1) is 66.1. The first-order valence-electron chi connectivity index (χ1n) is 27.0. The van der Waals surface area contributed by atoms with Crippen LogP contribution < -0.4 is 94.3 Å². The van der Waals surface area contributed by atoms with E-state index in [0.29, 0.717) is 14.0 Å². The van der Waals surface area contributed by atoms with E-state index in [2.05, 4.69) is 51.9 Å². The molecule has 0 unspecified atom stereocenters. The Morgan fingerprint density at radius 2 is 1.05 bits per heavy atom. The quantitative estimate of drug-likeness (QED) is 0.0113. The lowest BCUT2D eigenvalue weighted by molar-refractivity contribution is -0.140. The number of hydrogen-bond acceptors (Lipinski definition) is 17. The van der Waals surface area contributed by atoms with Crippen LogP contribution in [0, 0.1) is 0 Å². The van der Waals surface area contributed by atoms with Crippen molar-refractivity contribution in [2.24, 2.45) is 38.7 Å². The molecular formula is C53H66N20O14S. The molecule has 35 heteroatoms. The predicted octanol–water partition coefficient (Wildman–Crippen LogP) is -6.77. The van der Waals surface area contributed by atoms with Crippen molar-refractivity contribution in [3.63, 3.8) is 0 Å². The number of primary amides is 1. The van der Waals surface area contributed by atoms with Crippen molar-refractivity contribution < 1.29 is 38.4 Å². The molecule has 0 aliphatic carbocycles. The van der Waals surface area contributed by atoms with E-state index in [4.69, 9.17) is 28.7 Å². The summed E-state index contributed by atoms with van der Waals surface area (Å²) in [5.41, 5.74) is 21.7. The number of rotatable bonds is 30. The standard InChI is InChI=1S/C53H66N20O14S/c1-27(74)61-34(16-8-19-60-50(57)58)42(78)66-38(23-71-20-17-39(75)69-51(71)85)48(84)70(2)26-40(76)62-36(24-72-46(82)29-11-3-5-13-31(29)67-52(72)86)44(80)65-37(25-73-47(83)30-12-4-6-14-32(30)68-53(73)87)45(81)64-35(22-28-10-9-21-88-28)43(79)63-33(41(54)77)15-7-18-59-49(55)56/h3-6,9-14,17,20-21,33-38H,7-8,15-16,18-19,22-26H2,1-2H3,(H2,54,77)(H,61,74)(H,62,76)(H,63,79)(H,64,81)(H,65,80)(H,66,78)(H,67,86)(H,68,87)(H4,55,56,59)(H4,57,58,60)(H,69,75,85)/t33-,34-,35-,36-,37-,38-/m0/s1. The number of fused-ring (bicyclic) bond motifs is 2. The highest BCUT2D eigenvalue weighted by Gasteiger charge is 2.35. The normalized spacial score (nSPS) is 13.1. The highest BCUT2D eigenvalue weighted by atomic mass is 32.1. The number of thiophene rings is 1. The Balaban J connectivity index is 1.37. The van der Waals surface area contributed by atoms with E-state index in [-0.39, 0.29) is 78.9 Å². The highest BCUT2D eigenvalue weighted by molar-refractivity contribution is 7.09. The summed E-state index contributed by atoms with van der Waals surface area (Å²) in [6.07, 6.45) is 1.01. The van der Waals surface area contributed by atoms with Crippen LogP contribution >= 0.6 is 11.3 Å². The van der Waals surface area contributed by atoms with Crippen LogP contribution in [0.5, 0.6) is 0 Å². The lowest BCUT2D eigenvalue weighted by Gasteiger charge is -2.28. The Bertz CT molecular complexity index is 4010. The molecular weight excluding hydrogens is 1170 g/mol. The first-order chi connectivity index (χ1) is 41.8. The molecule has 6 aromatic rings. The fraction of sp³-hybridized carbons (Fsp3) is 0.358. The van der Waals surface area contributed by atoms with E-state index >= 15 is 4.79 Å². The minimum Gasteiger partial charge on any atom is -0.370 e. The number of aromatic amines is 3. The number of H-pyrrole nitrogens is 3. The molecule has 0 bridgehead atoms. The second-order valence-corrected chi connectivity index (χ2v) is 21.0. The van der Waals surface area contributed by atoms with Gasteiger partial charge in [0.15, 0.2) is 11.9 Å². The fourth-order valence-corrected chi connectivity index (χ4v) is 9.74. The average molecular weight is 1240 g/mol. The maximum Gasteiger partial charge on any atom is 0.328 e. The van der Waals surface area contributed by atoms with Crippen molar-refractivity contribution >= 4 is 92.3 Å². The number of aliphatic imine (C=N–C) groups is 2. The van der Waals surface area contributed by atoms with Gasteiger partial charge in [0.05, 0.1) is 48.0 Å². The van der Waals surface area contributed by atoms with E-state index in [0.717, 1.165) is 35.7 Å². The first-order valence-corrected chi connectivity index (χ1v) is 27.9. The number of hydrogen-bond donors (Lipinski definition) is 14. The monoisotopic (exact) mass is 1240 g/mol. The number of aromatic nitrogens is 6. The second-order valence-electron chi connectivity index (χ2n) is 19.9. The number of nitrogens with two attached hydrogens (primary N) is 5. The molecule has 88 heavy (non-hydrogen) atoms. The number of nitrogens with one attached hydrogen (secondary N) is 9. The van der Waals surface area contributed by atoms with Crippen molar-refractivity contribution in [2.45, 2.75) is 94.9 Å². The van der Waals surface area contributed by atoms with Crippen LogP contribution in [-0.4, -0.2) is 156 Å². The number of carbonyl (C=O) groups excluding carboxylic acids is 8. The van der Waals surface area contributed by atoms with Gasteiger partial charge in [-0.3, -0.25) is 81.4 Å². The van der Waals surface area contributed by atoms with Crippen molar-refractivity contribution in [3.05, 3.63) is 146 Å². The van der Waals surface area contributed by atoms with Gasteiger partial charge in [-0.2, -0.15) is 0 Å². The molecule has 6 rings (SSSR count). The minimum atomic E-state index is -2.08. The van der Waals surface area contributed by atoms with Crippen LogP contribution in [0.2, 0.25) is 0 Å². The SMILES string of the molecule is CC(=O)N[C@@H](CCCN=C(N)N)C(=O)N[C@@H](Cn1ccc(=O)[nH]c1=O)C(=O)N(C)CC(=O)N[C@@H](Cn1c(=O)[nH]c2ccccc2c1=O)C(=O)N[C@@H](Cn1c(=O)[nH]c2ccccc2c1=O)C(=O)N[C@@H](Cc1cccs1)C(=O)N[C@@H](CCCN=C(N)N)C(N)=O. The summed E-state index contributed by atoms with van der Waals surface area (Å²) in [7, 11) is 1.09. The maximum atomic E-state index is 15.0. The number of nitrogens with zero attached hydrogens (tertiary/aromatic N) is 6. The maximum absolute atomic E-state index is 15.0. The minimum absolute atomic E-state index is 0.0294. The summed E-state index contributed by atoms with van der Waals surface area (Å²) >= 11 is 1.19.